The third-order valence-electron chi connectivity index (χ3n) is 2.46. The molecule has 17 heavy (non-hydrogen) atoms. The molecule has 1 aromatic rings. The lowest BCUT2D eigenvalue weighted by molar-refractivity contribution is 0.506. The van der Waals surface area contributed by atoms with Crippen LogP contribution in [0.25, 0.3) is 0 Å². The van der Waals surface area contributed by atoms with Crippen LogP contribution in [-0.4, -0.2) is 25.6 Å². The molecule has 0 aliphatic rings. The number of nitrogens with zero attached hydrogens (tertiary/aromatic N) is 1. The van der Waals surface area contributed by atoms with E-state index in [1.807, 2.05) is 12.1 Å². The summed E-state index contributed by atoms with van der Waals surface area (Å²) in [6.07, 6.45) is 3.65. The van der Waals surface area contributed by atoms with Crippen molar-refractivity contribution >= 4 is 29.9 Å². The standard InChI is InChI=1S/C12H21N3O.HI/c1-4-10(2)15-12(13-3)14-8-7-11-6-5-9-16-11;/h5-6,9-10H,4,7-8H2,1-3H3,(H2,13,14,15);1H. The largest absolute Gasteiger partial charge is 0.469 e. The lowest BCUT2D eigenvalue weighted by Crippen LogP contribution is -2.42. The minimum absolute atomic E-state index is 0. The molecule has 0 amide bonds. The summed E-state index contributed by atoms with van der Waals surface area (Å²) in [6.45, 7) is 5.11. The molecule has 0 aliphatic carbocycles. The van der Waals surface area contributed by atoms with Crippen LogP contribution in [0, 0.1) is 0 Å². The van der Waals surface area contributed by atoms with Crippen LogP contribution in [0.1, 0.15) is 26.0 Å². The Labute approximate surface area is 120 Å². The van der Waals surface area contributed by atoms with E-state index in [1.165, 1.54) is 0 Å². The monoisotopic (exact) mass is 351 g/mol. The molecule has 1 unspecified atom stereocenters. The van der Waals surface area contributed by atoms with Gasteiger partial charge in [0.2, 0.25) is 0 Å². The maximum Gasteiger partial charge on any atom is 0.191 e. The van der Waals surface area contributed by atoms with E-state index in [1.54, 1.807) is 13.3 Å². The van der Waals surface area contributed by atoms with E-state index in [4.69, 9.17) is 4.42 Å². The van der Waals surface area contributed by atoms with E-state index in [-0.39, 0.29) is 24.0 Å². The van der Waals surface area contributed by atoms with Crippen LogP contribution in [0.5, 0.6) is 0 Å². The second kappa shape index (κ2) is 9.32. The van der Waals surface area contributed by atoms with Gasteiger partial charge in [-0.05, 0) is 25.5 Å². The second-order valence-electron chi connectivity index (χ2n) is 3.78. The normalized spacial score (nSPS) is 12.8. The van der Waals surface area contributed by atoms with Crippen molar-refractivity contribution in [3.05, 3.63) is 24.2 Å². The summed E-state index contributed by atoms with van der Waals surface area (Å²) in [7, 11) is 1.78. The lowest BCUT2D eigenvalue weighted by atomic mass is 10.3. The van der Waals surface area contributed by atoms with Crippen molar-refractivity contribution in [1.29, 1.82) is 0 Å². The van der Waals surface area contributed by atoms with Crippen molar-refractivity contribution < 1.29 is 4.42 Å². The van der Waals surface area contributed by atoms with Gasteiger partial charge in [-0.3, -0.25) is 4.99 Å². The molecule has 0 aromatic carbocycles. The number of hydrogen-bond donors (Lipinski definition) is 2. The van der Waals surface area contributed by atoms with E-state index in [2.05, 4.69) is 29.5 Å². The van der Waals surface area contributed by atoms with E-state index in [0.29, 0.717) is 6.04 Å². The Morgan fingerprint density at radius 2 is 2.29 bits per heavy atom. The number of halogens is 1. The third kappa shape index (κ3) is 6.55. The van der Waals surface area contributed by atoms with E-state index in [0.717, 1.165) is 31.1 Å². The van der Waals surface area contributed by atoms with Crippen LogP contribution in [0.15, 0.2) is 27.8 Å². The molecule has 0 fully saturated rings. The molecule has 1 heterocycles. The number of nitrogens with one attached hydrogen (secondary N) is 2. The van der Waals surface area contributed by atoms with Crippen molar-refractivity contribution in [2.24, 2.45) is 4.99 Å². The van der Waals surface area contributed by atoms with Crippen LogP contribution in [-0.2, 0) is 6.42 Å². The van der Waals surface area contributed by atoms with Crippen LogP contribution < -0.4 is 10.6 Å². The van der Waals surface area contributed by atoms with Gasteiger partial charge in [-0.15, -0.1) is 24.0 Å². The Kier molecular flexibility index (Phi) is 8.93. The first kappa shape index (κ1) is 16.3. The summed E-state index contributed by atoms with van der Waals surface area (Å²) in [5, 5.41) is 6.56. The summed E-state index contributed by atoms with van der Waals surface area (Å²) in [6, 6.07) is 4.32. The number of aliphatic imine (C=N–C) groups is 1. The first-order valence-corrected chi connectivity index (χ1v) is 5.75. The van der Waals surface area contributed by atoms with Gasteiger partial charge >= 0.3 is 0 Å². The molecule has 0 saturated heterocycles. The highest BCUT2D eigenvalue weighted by Gasteiger charge is 2.02. The molecule has 2 N–H and O–H groups in total. The minimum Gasteiger partial charge on any atom is -0.469 e. The second-order valence-corrected chi connectivity index (χ2v) is 3.78. The topological polar surface area (TPSA) is 49.6 Å². The summed E-state index contributed by atoms with van der Waals surface area (Å²) in [5.41, 5.74) is 0. The van der Waals surface area contributed by atoms with E-state index >= 15 is 0 Å². The molecule has 5 heteroatoms. The molecule has 1 aromatic heterocycles. The predicted molar refractivity (Wildman–Crippen MR) is 82.1 cm³/mol. The Bertz CT molecular complexity index is 312. The van der Waals surface area contributed by atoms with Gasteiger partial charge in [0, 0.05) is 26.1 Å². The van der Waals surface area contributed by atoms with Gasteiger partial charge in [0.05, 0.1) is 6.26 Å². The van der Waals surface area contributed by atoms with Gasteiger partial charge < -0.3 is 15.1 Å². The molecule has 98 valence electrons. The average molecular weight is 351 g/mol. The van der Waals surface area contributed by atoms with Crippen molar-refractivity contribution in [1.82, 2.24) is 10.6 Å². The van der Waals surface area contributed by atoms with Crippen LogP contribution in [0.3, 0.4) is 0 Å². The summed E-state index contributed by atoms with van der Waals surface area (Å²) >= 11 is 0. The fraction of sp³-hybridized carbons (Fsp3) is 0.583. The molecule has 0 aliphatic heterocycles. The SMILES string of the molecule is CCC(C)NC(=NC)NCCc1ccco1.I. The van der Waals surface area contributed by atoms with Crippen LogP contribution in [0.2, 0.25) is 0 Å². The third-order valence-corrected chi connectivity index (χ3v) is 2.46. The average Bonchev–Trinajstić information content (AvgIpc) is 2.80. The van der Waals surface area contributed by atoms with Crippen molar-refractivity contribution in [2.75, 3.05) is 13.6 Å². The van der Waals surface area contributed by atoms with Gasteiger partial charge in [0.15, 0.2) is 5.96 Å². The molecule has 4 nitrogen and oxygen atoms in total. The molecule has 0 saturated carbocycles. The smallest absolute Gasteiger partial charge is 0.191 e. The number of guanidine groups is 1. The highest BCUT2D eigenvalue weighted by molar-refractivity contribution is 14.0. The first-order valence-electron chi connectivity index (χ1n) is 5.75. The Morgan fingerprint density at radius 3 is 2.82 bits per heavy atom. The zero-order valence-corrected chi connectivity index (χ0v) is 13.0. The maximum absolute atomic E-state index is 5.25. The molecule has 0 radical (unpaired) electrons. The van der Waals surface area contributed by atoms with E-state index < -0.39 is 0 Å². The Morgan fingerprint density at radius 1 is 1.53 bits per heavy atom. The van der Waals surface area contributed by atoms with Crippen molar-refractivity contribution in [3.8, 4) is 0 Å². The van der Waals surface area contributed by atoms with Crippen molar-refractivity contribution in [3.63, 3.8) is 0 Å². The molecular formula is C12H22IN3O. The number of furan rings is 1. The van der Waals surface area contributed by atoms with Gasteiger partial charge in [-0.25, -0.2) is 0 Å². The summed E-state index contributed by atoms with van der Waals surface area (Å²) in [4.78, 5) is 4.16. The summed E-state index contributed by atoms with van der Waals surface area (Å²) < 4.78 is 5.25. The predicted octanol–water partition coefficient (Wildman–Crippen LogP) is 2.40. The quantitative estimate of drug-likeness (QED) is 0.487. The molecule has 1 rings (SSSR count). The van der Waals surface area contributed by atoms with Gasteiger partial charge in [-0.2, -0.15) is 0 Å². The van der Waals surface area contributed by atoms with Crippen molar-refractivity contribution in [2.45, 2.75) is 32.7 Å². The van der Waals surface area contributed by atoms with Crippen LogP contribution in [0.4, 0.5) is 0 Å². The fourth-order valence-corrected chi connectivity index (χ4v) is 1.29. The maximum atomic E-state index is 5.25. The van der Waals surface area contributed by atoms with Gasteiger partial charge in [-0.1, -0.05) is 6.92 Å². The minimum atomic E-state index is 0. The zero-order valence-electron chi connectivity index (χ0n) is 10.7. The number of rotatable bonds is 5. The number of hydrogen-bond acceptors (Lipinski definition) is 2. The molecule has 1 atom stereocenters. The molecular weight excluding hydrogens is 329 g/mol. The van der Waals surface area contributed by atoms with Crippen LogP contribution >= 0.6 is 24.0 Å². The molecule has 0 bridgehead atoms. The Hall–Kier alpha value is -0.720. The highest BCUT2D eigenvalue weighted by atomic mass is 127. The first-order chi connectivity index (χ1) is 7.76. The van der Waals surface area contributed by atoms with Gasteiger partial charge in [0.1, 0.15) is 5.76 Å². The van der Waals surface area contributed by atoms with E-state index in [9.17, 15) is 0 Å². The van der Waals surface area contributed by atoms with Gasteiger partial charge in [0.25, 0.3) is 0 Å². The molecule has 0 spiro atoms. The Balaban J connectivity index is 0.00000256. The lowest BCUT2D eigenvalue weighted by Gasteiger charge is -2.15. The highest BCUT2D eigenvalue weighted by Crippen LogP contribution is 1.99. The summed E-state index contributed by atoms with van der Waals surface area (Å²) in [5.74, 6) is 1.84. The zero-order chi connectivity index (χ0) is 11.8. The fourth-order valence-electron chi connectivity index (χ4n) is 1.29.